The lowest BCUT2D eigenvalue weighted by molar-refractivity contribution is 0.0997. The largest absolute Gasteiger partial charge is 0.398 e. The normalized spacial score (nSPS) is 12.6. The molecule has 1 atom stereocenters. The predicted octanol–water partition coefficient (Wildman–Crippen LogP) is 1.61. The van der Waals surface area contributed by atoms with Crippen LogP contribution in [0.1, 0.15) is 6.92 Å². The minimum atomic E-state index is 0.0249. The predicted molar refractivity (Wildman–Crippen MR) is 69.1 cm³/mol. The van der Waals surface area contributed by atoms with Crippen LogP contribution in [0.2, 0.25) is 5.02 Å². The fraction of sp³-hybridized carbons (Fsp3) is 0.364. The maximum Gasteiger partial charge on any atom is 0.182 e. The number of ether oxygens (including phenoxy) is 1. The number of rotatable bonds is 4. The van der Waals surface area contributed by atoms with Gasteiger partial charge in [0, 0.05) is 12.7 Å². The van der Waals surface area contributed by atoms with Crippen LogP contribution in [0.5, 0.6) is 0 Å². The van der Waals surface area contributed by atoms with Crippen molar-refractivity contribution in [2.75, 3.05) is 12.8 Å². The van der Waals surface area contributed by atoms with Gasteiger partial charge in [0.1, 0.15) is 0 Å². The van der Waals surface area contributed by atoms with Crippen LogP contribution >= 0.6 is 11.6 Å². The minimum absolute atomic E-state index is 0.0249. The summed E-state index contributed by atoms with van der Waals surface area (Å²) in [5, 5.41) is 12.1. The average Bonchev–Trinajstić information content (AvgIpc) is 2.80. The SMILES string of the molecule is COC(C)Cn1nnnc1-c1ccc(Cl)c(N)c1. The molecule has 1 unspecified atom stereocenters. The van der Waals surface area contributed by atoms with Crippen LogP contribution in [-0.4, -0.2) is 33.4 Å². The van der Waals surface area contributed by atoms with Gasteiger partial charge < -0.3 is 10.5 Å². The summed E-state index contributed by atoms with van der Waals surface area (Å²) >= 11 is 5.89. The van der Waals surface area contributed by atoms with Gasteiger partial charge in [-0.25, -0.2) is 4.68 Å². The van der Waals surface area contributed by atoms with Crippen molar-refractivity contribution in [3.8, 4) is 11.4 Å². The van der Waals surface area contributed by atoms with E-state index in [0.29, 0.717) is 23.1 Å². The van der Waals surface area contributed by atoms with Crippen molar-refractivity contribution in [1.82, 2.24) is 20.2 Å². The van der Waals surface area contributed by atoms with Crippen molar-refractivity contribution in [3.63, 3.8) is 0 Å². The van der Waals surface area contributed by atoms with Gasteiger partial charge in [-0.05, 0) is 35.5 Å². The lowest BCUT2D eigenvalue weighted by Gasteiger charge is -2.10. The first kappa shape index (κ1) is 12.8. The van der Waals surface area contributed by atoms with E-state index >= 15 is 0 Å². The van der Waals surface area contributed by atoms with Gasteiger partial charge in [0.15, 0.2) is 5.82 Å². The molecule has 0 aliphatic heterocycles. The fourth-order valence-electron chi connectivity index (χ4n) is 1.54. The Balaban J connectivity index is 2.33. The van der Waals surface area contributed by atoms with Crippen LogP contribution in [-0.2, 0) is 11.3 Å². The van der Waals surface area contributed by atoms with E-state index in [0.717, 1.165) is 5.56 Å². The van der Waals surface area contributed by atoms with E-state index in [4.69, 9.17) is 22.1 Å². The molecule has 0 fully saturated rings. The van der Waals surface area contributed by atoms with Gasteiger partial charge in [0.05, 0.1) is 23.4 Å². The maximum atomic E-state index is 5.89. The van der Waals surface area contributed by atoms with Crippen molar-refractivity contribution >= 4 is 17.3 Å². The number of benzene rings is 1. The summed E-state index contributed by atoms with van der Waals surface area (Å²) in [6.45, 7) is 2.52. The quantitative estimate of drug-likeness (QED) is 0.852. The van der Waals surface area contributed by atoms with Crippen molar-refractivity contribution in [1.29, 1.82) is 0 Å². The highest BCUT2D eigenvalue weighted by atomic mass is 35.5. The molecule has 1 heterocycles. The Morgan fingerprint density at radius 1 is 1.50 bits per heavy atom. The smallest absolute Gasteiger partial charge is 0.182 e. The molecule has 18 heavy (non-hydrogen) atoms. The summed E-state index contributed by atoms with van der Waals surface area (Å²) in [5.74, 6) is 0.641. The summed E-state index contributed by atoms with van der Waals surface area (Å²) in [6, 6.07) is 5.31. The standard InChI is InChI=1S/C11H14ClN5O/c1-7(18-2)6-17-11(14-15-16-17)8-3-4-9(12)10(13)5-8/h3-5,7H,6,13H2,1-2H3. The third-order valence-electron chi connectivity index (χ3n) is 2.62. The first-order valence-electron chi connectivity index (χ1n) is 5.46. The first-order valence-corrected chi connectivity index (χ1v) is 5.84. The summed E-state index contributed by atoms with van der Waals surface area (Å²) in [7, 11) is 1.65. The van der Waals surface area contributed by atoms with E-state index in [1.807, 2.05) is 13.0 Å². The van der Waals surface area contributed by atoms with Crippen molar-refractivity contribution in [3.05, 3.63) is 23.2 Å². The van der Waals surface area contributed by atoms with E-state index in [1.54, 1.807) is 23.9 Å². The van der Waals surface area contributed by atoms with Crippen LogP contribution in [0.3, 0.4) is 0 Å². The van der Waals surface area contributed by atoms with Crippen LogP contribution in [0.15, 0.2) is 18.2 Å². The number of hydrogen-bond donors (Lipinski definition) is 1. The van der Waals surface area contributed by atoms with Gasteiger partial charge >= 0.3 is 0 Å². The average molecular weight is 268 g/mol. The third kappa shape index (κ3) is 2.60. The highest BCUT2D eigenvalue weighted by Gasteiger charge is 2.12. The zero-order valence-corrected chi connectivity index (χ0v) is 10.9. The molecule has 0 saturated heterocycles. The molecule has 1 aromatic carbocycles. The van der Waals surface area contributed by atoms with Gasteiger partial charge in [-0.2, -0.15) is 0 Å². The number of anilines is 1. The summed E-state index contributed by atoms with van der Waals surface area (Å²) < 4.78 is 6.87. The van der Waals surface area contributed by atoms with Crippen LogP contribution < -0.4 is 5.73 Å². The molecule has 0 spiro atoms. The Kier molecular flexibility index (Phi) is 3.78. The zero-order valence-electron chi connectivity index (χ0n) is 10.2. The number of nitrogen functional groups attached to an aromatic ring is 1. The molecule has 0 saturated carbocycles. The van der Waals surface area contributed by atoms with E-state index in [1.165, 1.54) is 0 Å². The van der Waals surface area contributed by atoms with Gasteiger partial charge in [-0.1, -0.05) is 11.6 Å². The number of hydrogen-bond acceptors (Lipinski definition) is 5. The molecule has 0 amide bonds. The highest BCUT2D eigenvalue weighted by Crippen LogP contribution is 2.25. The molecule has 2 aromatic rings. The second-order valence-corrected chi connectivity index (χ2v) is 4.37. The third-order valence-corrected chi connectivity index (χ3v) is 2.96. The Bertz CT molecular complexity index is 542. The van der Waals surface area contributed by atoms with Gasteiger partial charge in [0.2, 0.25) is 0 Å². The monoisotopic (exact) mass is 267 g/mol. The number of nitrogens with two attached hydrogens (primary N) is 1. The summed E-state index contributed by atoms with van der Waals surface area (Å²) in [6.07, 6.45) is 0.0249. The zero-order chi connectivity index (χ0) is 13.1. The Morgan fingerprint density at radius 2 is 2.28 bits per heavy atom. The fourth-order valence-corrected chi connectivity index (χ4v) is 1.65. The maximum absolute atomic E-state index is 5.89. The van der Waals surface area contributed by atoms with Gasteiger partial charge in [-0.3, -0.25) is 0 Å². The van der Waals surface area contributed by atoms with E-state index in [2.05, 4.69) is 15.5 Å². The number of tetrazole rings is 1. The second-order valence-electron chi connectivity index (χ2n) is 3.97. The molecule has 0 aliphatic carbocycles. The molecule has 96 valence electrons. The van der Waals surface area contributed by atoms with E-state index in [9.17, 15) is 0 Å². The van der Waals surface area contributed by atoms with Crippen molar-refractivity contribution in [2.45, 2.75) is 19.6 Å². The van der Waals surface area contributed by atoms with Crippen molar-refractivity contribution < 1.29 is 4.74 Å². The second kappa shape index (κ2) is 5.32. The Hall–Kier alpha value is -1.66. The molecule has 0 aliphatic rings. The molecular formula is C11H14ClN5O. The summed E-state index contributed by atoms with van der Waals surface area (Å²) in [4.78, 5) is 0. The molecule has 0 radical (unpaired) electrons. The first-order chi connectivity index (χ1) is 8.61. The lowest BCUT2D eigenvalue weighted by Crippen LogP contribution is -2.16. The number of halogens is 1. The van der Waals surface area contributed by atoms with E-state index < -0.39 is 0 Å². The van der Waals surface area contributed by atoms with Crippen LogP contribution in [0.4, 0.5) is 5.69 Å². The molecule has 2 N–H and O–H groups in total. The molecule has 7 heteroatoms. The number of methoxy groups -OCH3 is 1. The van der Waals surface area contributed by atoms with Crippen LogP contribution in [0.25, 0.3) is 11.4 Å². The van der Waals surface area contributed by atoms with E-state index in [-0.39, 0.29) is 6.10 Å². The molecular weight excluding hydrogens is 254 g/mol. The minimum Gasteiger partial charge on any atom is -0.398 e. The van der Waals surface area contributed by atoms with Gasteiger partial charge in [-0.15, -0.1) is 5.10 Å². The lowest BCUT2D eigenvalue weighted by atomic mass is 10.2. The van der Waals surface area contributed by atoms with Crippen molar-refractivity contribution in [2.24, 2.45) is 0 Å². The molecule has 1 aromatic heterocycles. The van der Waals surface area contributed by atoms with Crippen LogP contribution in [0, 0.1) is 0 Å². The van der Waals surface area contributed by atoms with Gasteiger partial charge in [0.25, 0.3) is 0 Å². The summed E-state index contributed by atoms with van der Waals surface area (Å²) in [5.41, 5.74) is 7.10. The Labute approximate surface area is 110 Å². The molecule has 2 rings (SSSR count). The highest BCUT2D eigenvalue weighted by molar-refractivity contribution is 6.33. The number of nitrogens with zero attached hydrogens (tertiary/aromatic N) is 4. The Morgan fingerprint density at radius 3 is 2.94 bits per heavy atom. The topological polar surface area (TPSA) is 78.8 Å². The molecule has 6 nitrogen and oxygen atoms in total. The molecule has 0 bridgehead atoms. The number of aromatic nitrogens is 4.